The average molecular weight is 1040 g/mol. The van der Waals surface area contributed by atoms with Crippen LogP contribution in [-0.4, -0.2) is 105 Å². The summed E-state index contributed by atoms with van der Waals surface area (Å²) in [5.41, 5.74) is 9.48. The second-order valence-electron chi connectivity index (χ2n) is 14.2. The number of hydrogen-bond acceptors (Lipinski definition) is 12. The summed E-state index contributed by atoms with van der Waals surface area (Å²) in [6, 6.07) is 27.8. The van der Waals surface area contributed by atoms with Crippen LogP contribution in [0.3, 0.4) is 0 Å². The van der Waals surface area contributed by atoms with Gasteiger partial charge in [-0.1, -0.05) is 99.8 Å². The number of alkyl halides is 1. The lowest BCUT2D eigenvalue weighted by Crippen LogP contribution is -2.34. The molecule has 9 N–H and O–H groups in total. The maximum absolute atomic E-state index is 9.55. The molecule has 0 aliphatic carbocycles. The van der Waals surface area contributed by atoms with Gasteiger partial charge in [0.25, 0.3) is 0 Å². The van der Waals surface area contributed by atoms with E-state index in [4.69, 9.17) is 78.5 Å². The van der Waals surface area contributed by atoms with Gasteiger partial charge in [-0.2, -0.15) is 0 Å². The van der Waals surface area contributed by atoms with Crippen LogP contribution in [0.15, 0.2) is 109 Å². The van der Waals surface area contributed by atoms with Crippen molar-refractivity contribution in [2.45, 2.75) is 63.9 Å². The summed E-state index contributed by atoms with van der Waals surface area (Å²) in [5.74, 6) is -1.96. The number of halogens is 3. The van der Waals surface area contributed by atoms with Crippen LogP contribution in [0, 0.1) is 0 Å². The number of aliphatic hydroxyl groups is 2. The highest BCUT2D eigenvalue weighted by Crippen LogP contribution is 2.38. The van der Waals surface area contributed by atoms with Crippen LogP contribution < -0.4 is 30.0 Å². The molecule has 0 spiro atoms. The Morgan fingerprint density at radius 2 is 1.06 bits per heavy atom. The molecule has 0 fully saturated rings. The van der Waals surface area contributed by atoms with Crippen molar-refractivity contribution >= 4 is 63.0 Å². The second-order valence-corrected chi connectivity index (χ2v) is 15.7. The molecular formula is C48H57BrCl2N2O14. The van der Waals surface area contributed by atoms with Gasteiger partial charge in [0.15, 0.2) is 0 Å². The zero-order valence-electron chi connectivity index (χ0n) is 36.6. The summed E-state index contributed by atoms with van der Waals surface area (Å²) in [5, 5.41) is 53.5. The highest BCUT2D eigenvalue weighted by atomic mass is 79.9. The van der Waals surface area contributed by atoms with Crippen LogP contribution in [0.2, 0.25) is 10.0 Å². The molecular weight excluding hydrogens is 979 g/mol. The maximum atomic E-state index is 9.55. The molecule has 0 amide bonds. The van der Waals surface area contributed by atoms with Crippen molar-refractivity contribution < 1.29 is 68.8 Å². The number of rotatable bonds is 18. The van der Waals surface area contributed by atoms with Crippen LogP contribution in [0.25, 0.3) is 0 Å². The molecule has 4 aromatic rings. The number of carboxylic acids is 4. The Morgan fingerprint density at radius 1 is 0.657 bits per heavy atom. The normalized spacial score (nSPS) is 14.2. The summed E-state index contributed by atoms with van der Waals surface area (Å²) in [6.07, 6.45) is 7.98. The molecule has 0 aromatic heterocycles. The summed E-state index contributed by atoms with van der Waals surface area (Å²) >= 11 is 16.1. The SMILES string of the molecule is Clc1cc2c(cc1OCc1ccccc1)OC(CBr)CC2.NCCCO.O=C(O)/C=C/C(=O)O.O=C(O)/C=C/C(=O)O.OCCCNCC1CCc2cc(Cl)c(OCc3ccccc3)cc2O1. The van der Waals surface area contributed by atoms with E-state index in [0.29, 0.717) is 65.6 Å². The van der Waals surface area contributed by atoms with Gasteiger partial charge in [-0.25, -0.2) is 19.2 Å². The zero-order valence-corrected chi connectivity index (χ0v) is 39.7. The van der Waals surface area contributed by atoms with Crippen LogP contribution in [0.5, 0.6) is 23.0 Å². The summed E-state index contributed by atoms with van der Waals surface area (Å²) in [6.45, 7) is 3.58. The fourth-order valence-corrected chi connectivity index (χ4v) is 6.60. The van der Waals surface area contributed by atoms with Crippen molar-refractivity contribution in [3.63, 3.8) is 0 Å². The largest absolute Gasteiger partial charge is 0.489 e. The van der Waals surface area contributed by atoms with E-state index in [-0.39, 0.29) is 25.4 Å². The fraction of sp³-hybridized carbons (Fsp3) is 0.333. The molecule has 4 aromatic carbocycles. The van der Waals surface area contributed by atoms with Crippen molar-refractivity contribution in [3.8, 4) is 23.0 Å². The van der Waals surface area contributed by atoms with Gasteiger partial charge in [0.2, 0.25) is 0 Å². The molecule has 2 heterocycles. The lowest BCUT2D eigenvalue weighted by molar-refractivity contribution is -0.134. The Morgan fingerprint density at radius 3 is 1.42 bits per heavy atom. The van der Waals surface area contributed by atoms with Gasteiger partial charge in [-0.3, -0.25) is 0 Å². The number of nitrogens with two attached hydrogens (primary N) is 1. The van der Waals surface area contributed by atoms with Crippen molar-refractivity contribution in [3.05, 3.63) is 142 Å². The van der Waals surface area contributed by atoms with Gasteiger partial charge in [0.1, 0.15) is 48.4 Å². The summed E-state index contributed by atoms with van der Waals surface area (Å²) < 4.78 is 23.8. The number of aryl methyl sites for hydroxylation is 2. The molecule has 364 valence electrons. The monoisotopic (exact) mass is 1030 g/mol. The van der Waals surface area contributed by atoms with Gasteiger partial charge in [-0.05, 0) is 86.0 Å². The molecule has 2 aliphatic rings. The van der Waals surface area contributed by atoms with Crippen molar-refractivity contribution in [1.82, 2.24) is 5.32 Å². The Balaban J connectivity index is 0.000000327. The Hall–Kier alpha value is -5.66. The molecule has 0 radical (unpaired) electrons. The first kappa shape index (κ1) is 57.5. The molecule has 2 atom stereocenters. The molecule has 67 heavy (non-hydrogen) atoms. The second kappa shape index (κ2) is 33.8. The first-order chi connectivity index (χ1) is 32.2. The standard InChI is InChI=1S/C20H24ClNO3.C17H16BrClO2.2C4H4O4.C3H9NO/c21-18-11-16-7-8-17(13-22-9-4-10-23)25-19(16)12-20(18)24-14-15-5-2-1-3-6-15;18-10-14-7-6-13-8-15(19)17(9-16(13)21-14)20-11-12-4-2-1-3-5-12;2*5-3(6)1-2-4(7)8;4-2-1-3-5/h1-3,5-6,11-12,17,22-23H,4,7-10,13-14H2;1-5,8-9,14H,6-7,10-11H2;2*1-2H,(H,5,6)(H,7,8);5H,1-4H2/b;;2*2-1+;. The average Bonchev–Trinajstić information content (AvgIpc) is 3.32. The fourth-order valence-electron chi connectivity index (χ4n) is 5.66. The van der Waals surface area contributed by atoms with Crippen LogP contribution >= 0.6 is 39.1 Å². The number of carboxylic acid groups (broad SMARTS) is 4. The van der Waals surface area contributed by atoms with Crippen molar-refractivity contribution in [1.29, 1.82) is 0 Å². The van der Waals surface area contributed by atoms with Gasteiger partial charge >= 0.3 is 23.9 Å². The van der Waals surface area contributed by atoms with E-state index in [0.717, 1.165) is 90.7 Å². The van der Waals surface area contributed by atoms with E-state index in [2.05, 4.69) is 21.2 Å². The molecule has 0 saturated carbocycles. The van der Waals surface area contributed by atoms with Gasteiger partial charge in [-0.15, -0.1) is 0 Å². The molecule has 2 unspecified atom stereocenters. The minimum atomic E-state index is -1.26. The third-order valence-electron chi connectivity index (χ3n) is 8.92. The number of nitrogens with one attached hydrogen (secondary N) is 1. The Kier molecular flexibility index (Phi) is 29.0. The quantitative estimate of drug-likeness (QED) is 0.0275. The molecule has 2 aliphatic heterocycles. The van der Waals surface area contributed by atoms with E-state index in [1.165, 1.54) is 0 Å². The highest BCUT2D eigenvalue weighted by Gasteiger charge is 2.23. The highest BCUT2D eigenvalue weighted by molar-refractivity contribution is 9.09. The number of hydrogen-bond donors (Lipinski definition) is 8. The number of ether oxygens (including phenoxy) is 4. The van der Waals surface area contributed by atoms with E-state index in [9.17, 15) is 19.2 Å². The number of fused-ring (bicyclic) bond motifs is 2. The van der Waals surface area contributed by atoms with E-state index in [1.54, 1.807) is 0 Å². The van der Waals surface area contributed by atoms with Crippen LogP contribution in [0.1, 0.15) is 47.9 Å². The van der Waals surface area contributed by atoms with Crippen molar-refractivity contribution in [2.75, 3.05) is 38.2 Å². The minimum absolute atomic E-state index is 0.134. The third-order valence-corrected chi connectivity index (χ3v) is 10.2. The first-order valence-corrected chi connectivity index (χ1v) is 22.8. The predicted octanol–water partition coefficient (Wildman–Crippen LogP) is 7.34. The molecule has 0 bridgehead atoms. The van der Waals surface area contributed by atoms with Gasteiger partial charge < -0.3 is 60.6 Å². The van der Waals surface area contributed by atoms with E-state index in [1.807, 2.05) is 84.9 Å². The third kappa shape index (κ3) is 25.2. The minimum Gasteiger partial charge on any atom is -0.489 e. The smallest absolute Gasteiger partial charge is 0.328 e. The zero-order chi connectivity index (χ0) is 49.4. The topological polar surface area (TPSA) is 265 Å². The van der Waals surface area contributed by atoms with Gasteiger partial charge in [0.05, 0.1) is 10.0 Å². The number of carbonyl (C=O) groups is 4. The number of aliphatic carboxylic acids is 4. The lowest BCUT2D eigenvalue weighted by atomic mass is 10.0. The Labute approximate surface area is 407 Å². The Bertz CT molecular complexity index is 2100. The molecule has 0 saturated heterocycles. The molecule has 6 rings (SSSR count). The molecule has 19 heteroatoms. The lowest BCUT2D eigenvalue weighted by Gasteiger charge is -2.27. The van der Waals surface area contributed by atoms with Gasteiger partial charge in [0, 0.05) is 61.5 Å². The van der Waals surface area contributed by atoms with Crippen molar-refractivity contribution in [2.24, 2.45) is 5.73 Å². The predicted molar refractivity (Wildman–Crippen MR) is 258 cm³/mol. The first-order valence-electron chi connectivity index (χ1n) is 21.0. The van der Waals surface area contributed by atoms with Crippen LogP contribution in [-0.2, 0) is 45.2 Å². The summed E-state index contributed by atoms with van der Waals surface area (Å²) in [7, 11) is 0. The van der Waals surface area contributed by atoms with Crippen LogP contribution in [0.4, 0.5) is 0 Å². The number of aliphatic hydroxyl groups excluding tert-OH is 2. The van der Waals surface area contributed by atoms with E-state index >= 15 is 0 Å². The van der Waals surface area contributed by atoms with E-state index < -0.39 is 23.9 Å². The maximum Gasteiger partial charge on any atom is 0.328 e. The summed E-state index contributed by atoms with van der Waals surface area (Å²) in [4.78, 5) is 38.2. The number of benzene rings is 4. The molecule has 16 nitrogen and oxygen atoms in total.